The monoisotopic (exact) mass is 235 g/mol. The average molecular weight is 235 g/mol. The standard InChI is InChI=1S/C13H17NO3/c1-16-12-4-8(5-13(15)17-2)3-9-6-10(14)7-11(9)12/h3-4,10H,5-7,14H2,1-2H3. The summed E-state index contributed by atoms with van der Waals surface area (Å²) in [5, 5.41) is 0. The van der Waals surface area contributed by atoms with Gasteiger partial charge in [-0.1, -0.05) is 6.07 Å². The van der Waals surface area contributed by atoms with Crippen molar-refractivity contribution in [3.05, 3.63) is 28.8 Å². The van der Waals surface area contributed by atoms with E-state index in [2.05, 4.69) is 4.74 Å². The Bertz CT molecular complexity index is 443. The van der Waals surface area contributed by atoms with Gasteiger partial charge in [-0.3, -0.25) is 4.79 Å². The molecule has 0 aromatic heterocycles. The third-order valence-electron chi connectivity index (χ3n) is 3.11. The van der Waals surface area contributed by atoms with Gasteiger partial charge in [0, 0.05) is 6.04 Å². The molecule has 1 aliphatic rings. The molecule has 92 valence electrons. The Morgan fingerprint density at radius 2 is 2.18 bits per heavy atom. The van der Waals surface area contributed by atoms with E-state index in [1.165, 1.54) is 18.2 Å². The number of carbonyl (C=O) groups excluding carboxylic acids is 1. The molecule has 0 radical (unpaired) electrons. The van der Waals surface area contributed by atoms with Crippen LogP contribution in [0.3, 0.4) is 0 Å². The molecule has 0 heterocycles. The summed E-state index contributed by atoms with van der Waals surface area (Å²) in [5.74, 6) is 0.587. The Balaban J connectivity index is 2.32. The van der Waals surface area contributed by atoms with E-state index in [1.54, 1.807) is 7.11 Å². The van der Waals surface area contributed by atoms with Crippen LogP contribution in [0.15, 0.2) is 12.1 Å². The second kappa shape index (κ2) is 4.75. The zero-order chi connectivity index (χ0) is 12.4. The second-order valence-electron chi connectivity index (χ2n) is 4.36. The summed E-state index contributed by atoms with van der Waals surface area (Å²) in [6.45, 7) is 0. The summed E-state index contributed by atoms with van der Waals surface area (Å²) in [6, 6.07) is 4.09. The number of hydrogen-bond acceptors (Lipinski definition) is 4. The summed E-state index contributed by atoms with van der Waals surface area (Å²) in [5.41, 5.74) is 9.22. The molecule has 0 bridgehead atoms. The lowest BCUT2D eigenvalue weighted by atomic mass is 10.0. The summed E-state index contributed by atoms with van der Waals surface area (Å²) >= 11 is 0. The Kier molecular flexibility index (Phi) is 3.33. The fraction of sp³-hybridized carbons (Fsp3) is 0.462. The van der Waals surface area contributed by atoms with Crippen molar-refractivity contribution in [3.63, 3.8) is 0 Å². The maximum Gasteiger partial charge on any atom is 0.309 e. The third-order valence-corrected chi connectivity index (χ3v) is 3.11. The first-order valence-electron chi connectivity index (χ1n) is 5.65. The van der Waals surface area contributed by atoms with Gasteiger partial charge in [0.15, 0.2) is 0 Å². The number of esters is 1. The number of nitrogens with two attached hydrogens (primary N) is 1. The Morgan fingerprint density at radius 3 is 2.82 bits per heavy atom. The van der Waals surface area contributed by atoms with Gasteiger partial charge >= 0.3 is 5.97 Å². The minimum Gasteiger partial charge on any atom is -0.496 e. The van der Waals surface area contributed by atoms with Crippen molar-refractivity contribution in [1.82, 2.24) is 0 Å². The van der Waals surface area contributed by atoms with Gasteiger partial charge in [0.05, 0.1) is 20.6 Å². The normalized spacial score (nSPS) is 17.7. The van der Waals surface area contributed by atoms with Gasteiger partial charge in [-0.25, -0.2) is 0 Å². The number of hydrogen-bond donors (Lipinski definition) is 1. The molecule has 0 amide bonds. The van der Waals surface area contributed by atoms with Crippen LogP contribution in [0, 0.1) is 0 Å². The van der Waals surface area contributed by atoms with Crippen molar-refractivity contribution in [2.45, 2.75) is 25.3 Å². The van der Waals surface area contributed by atoms with Gasteiger partial charge in [-0.05, 0) is 35.6 Å². The van der Waals surface area contributed by atoms with Crippen molar-refractivity contribution in [3.8, 4) is 5.75 Å². The number of rotatable bonds is 3. The van der Waals surface area contributed by atoms with E-state index in [4.69, 9.17) is 10.5 Å². The quantitative estimate of drug-likeness (QED) is 0.788. The smallest absolute Gasteiger partial charge is 0.309 e. The average Bonchev–Trinajstić information content (AvgIpc) is 2.68. The number of carbonyl (C=O) groups is 1. The zero-order valence-corrected chi connectivity index (χ0v) is 10.2. The number of benzene rings is 1. The Labute approximate surface area is 101 Å². The Morgan fingerprint density at radius 1 is 1.41 bits per heavy atom. The molecule has 1 unspecified atom stereocenters. The molecule has 1 atom stereocenters. The maximum absolute atomic E-state index is 11.3. The number of methoxy groups -OCH3 is 2. The van der Waals surface area contributed by atoms with E-state index in [1.807, 2.05) is 12.1 Å². The van der Waals surface area contributed by atoms with Gasteiger partial charge in [-0.15, -0.1) is 0 Å². The van der Waals surface area contributed by atoms with E-state index in [0.717, 1.165) is 24.2 Å². The number of ether oxygens (including phenoxy) is 2. The lowest BCUT2D eigenvalue weighted by Crippen LogP contribution is -2.19. The molecule has 1 aliphatic carbocycles. The molecular formula is C13H17NO3. The molecule has 1 aromatic carbocycles. The highest BCUT2D eigenvalue weighted by atomic mass is 16.5. The molecule has 17 heavy (non-hydrogen) atoms. The molecule has 0 saturated heterocycles. The first-order valence-corrected chi connectivity index (χ1v) is 5.65. The van der Waals surface area contributed by atoms with Crippen molar-refractivity contribution >= 4 is 5.97 Å². The first kappa shape index (κ1) is 11.9. The second-order valence-corrected chi connectivity index (χ2v) is 4.36. The summed E-state index contributed by atoms with van der Waals surface area (Å²) in [7, 11) is 3.03. The maximum atomic E-state index is 11.3. The van der Waals surface area contributed by atoms with Gasteiger partial charge < -0.3 is 15.2 Å². The topological polar surface area (TPSA) is 61.5 Å². The molecule has 0 fully saturated rings. The lowest BCUT2D eigenvalue weighted by Gasteiger charge is -2.10. The van der Waals surface area contributed by atoms with Crippen LogP contribution >= 0.6 is 0 Å². The molecule has 0 saturated carbocycles. The predicted octanol–water partition coefficient (Wildman–Crippen LogP) is 0.837. The fourth-order valence-electron chi connectivity index (χ4n) is 2.32. The molecule has 4 nitrogen and oxygen atoms in total. The van der Waals surface area contributed by atoms with Crippen LogP contribution in [-0.4, -0.2) is 26.2 Å². The Hall–Kier alpha value is -1.55. The number of fused-ring (bicyclic) bond motifs is 1. The van der Waals surface area contributed by atoms with Crippen LogP contribution in [0.4, 0.5) is 0 Å². The SMILES string of the molecule is COC(=O)Cc1cc2c(c(OC)c1)CC(N)C2. The van der Waals surface area contributed by atoms with Crippen LogP contribution in [0.1, 0.15) is 16.7 Å². The summed E-state index contributed by atoms with van der Waals surface area (Å²) in [6.07, 6.45) is 1.97. The zero-order valence-electron chi connectivity index (χ0n) is 10.2. The van der Waals surface area contributed by atoms with E-state index in [-0.39, 0.29) is 18.4 Å². The van der Waals surface area contributed by atoms with Gasteiger partial charge in [0.2, 0.25) is 0 Å². The van der Waals surface area contributed by atoms with Crippen molar-refractivity contribution in [2.24, 2.45) is 5.73 Å². The molecule has 1 aromatic rings. The fourth-order valence-corrected chi connectivity index (χ4v) is 2.32. The molecule has 2 rings (SSSR count). The third kappa shape index (κ3) is 2.42. The van der Waals surface area contributed by atoms with Crippen LogP contribution in [0.2, 0.25) is 0 Å². The van der Waals surface area contributed by atoms with E-state index in [9.17, 15) is 4.79 Å². The van der Waals surface area contributed by atoms with E-state index >= 15 is 0 Å². The lowest BCUT2D eigenvalue weighted by molar-refractivity contribution is -0.139. The molecule has 0 aliphatic heterocycles. The minimum absolute atomic E-state index is 0.160. The van der Waals surface area contributed by atoms with Crippen LogP contribution in [0.5, 0.6) is 5.75 Å². The van der Waals surface area contributed by atoms with Crippen molar-refractivity contribution in [2.75, 3.05) is 14.2 Å². The van der Waals surface area contributed by atoms with E-state index in [0.29, 0.717) is 0 Å². The van der Waals surface area contributed by atoms with Crippen molar-refractivity contribution in [1.29, 1.82) is 0 Å². The van der Waals surface area contributed by atoms with Gasteiger partial charge in [0.1, 0.15) is 5.75 Å². The highest BCUT2D eigenvalue weighted by molar-refractivity contribution is 5.73. The van der Waals surface area contributed by atoms with Crippen LogP contribution in [-0.2, 0) is 28.8 Å². The van der Waals surface area contributed by atoms with Crippen LogP contribution in [0.25, 0.3) is 0 Å². The molecule has 4 heteroatoms. The van der Waals surface area contributed by atoms with Crippen molar-refractivity contribution < 1.29 is 14.3 Å². The predicted molar refractivity (Wildman–Crippen MR) is 64.1 cm³/mol. The summed E-state index contributed by atoms with van der Waals surface area (Å²) < 4.78 is 10.0. The van der Waals surface area contributed by atoms with E-state index < -0.39 is 0 Å². The molecule has 2 N–H and O–H groups in total. The molecular weight excluding hydrogens is 218 g/mol. The largest absolute Gasteiger partial charge is 0.496 e. The van der Waals surface area contributed by atoms with Gasteiger partial charge in [-0.2, -0.15) is 0 Å². The summed E-state index contributed by atoms with van der Waals surface area (Å²) in [4.78, 5) is 11.3. The minimum atomic E-state index is -0.241. The van der Waals surface area contributed by atoms with Gasteiger partial charge in [0.25, 0.3) is 0 Å². The highest BCUT2D eigenvalue weighted by Gasteiger charge is 2.23. The first-order chi connectivity index (χ1) is 8.13. The molecule has 0 spiro atoms. The highest BCUT2D eigenvalue weighted by Crippen LogP contribution is 2.31. The van der Waals surface area contributed by atoms with Crippen LogP contribution < -0.4 is 10.5 Å².